The average Bonchev–Trinajstić information content (AvgIpc) is 3.66. The summed E-state index contributed by atoms with van der Waals surface area (Å²) in [7, 11) is 0. The second-order valence-corrected chi connectivity index (χ2v) is 10.8. The standard InChI is InChI=1S/C28H38N2O2/c1-17(2)11-13-19-15-23(19)27(31)29-25-9-5-8-22-21(25)7-6-10-26(22)30-28(32)24-16-20(24)14-12-18(3)4/h5-10,17-20,23-24H,11-16H2,1-4H3,(H,29,31)(H,30,32). The first kappa shape index (κ1) is 22.8. The van der Waals surface area contributed by atoms with E-state index in [1.54, 1.807) is 0 Å². The molecular formula is C28H38N2O2. The molecule has 2 aliphatic rings. The van der Waals surface area contributed by atoms with Crippen molar-refractivity contribution < 1.29 is 9.59 Å². The summed E-state index contributed by atoms with van der Waals surface area (Å²) in [6.07, 6.45) is 6.66. The SMILES string of the molecule is CC(C)CCC1CC1C(=O)Nc1cccc2c(NC(=O)C3CC3CCC(C)C)cccc12. The maximum absolute atomic E-state index is 12.8. The minimum absolute atomic E-state index is 0.131. The van der Waals surface area contributed by atoms with Crippen molar-refractivity contribution in [3.8, 4) is 0 Å². The van der Waals surface area contributed by atoms with Crippen molar-refractivity contribution in [1.82, 2.24) is 0 Å². The molecule has 4 unspecified atom stereocenters. The van der Waals surface area contributed by atoms with E-state index in [1.165, 1.54) is 12.8 Å². The summed E-state index contributed by atoms with van der Waals surface area (Å²) in [6.45, 7) is 8.94. The summed E-state index contributed by atoms with van der Waals surface area (Å²) in [6, 6.07) is 11.9. The molecule has 0 radical (unpaired) electrons. The van der Waals surface area contributed by atoms with Gasteiger partial charge in [0.15, 0.2) is 0 Å². The van der Waals surface area contributed by atoms with Gasteiger partial charge in [-0.25, -0.2) is 0 Å². The Morgan fingerprint density at radius 1 is 0.750 bits per heavy atom. The van der Waals surface area contributed by atoms with Crippen LogP contribution in [-0.4, -0.2) is 11.8 Å². The fourth-order valence-corrected chi connectivity index (χ4v) is 4.85. The smallest absolute Gasteiger partial charge is 0.227 e. The van der Waals surface area contributed by atoms with Crippen LogP contribution in [-0.2, 0) is 9.59 Å². The number of carbonyl (C=O) groups is 2. The lowest BCUT2D eigenvalue weighted by Crippen LogP contribution is -2.16. The molecule has 172 valence electrons. The van der Waals surface area contributed by atoms with Crippen molar-refractivity contribution in [1.29, 1.82) is 0 Å². The molecule has 0 bridgehead atoms. The zero-order valence-electron chi connectivity index (χ0n) is 20.0. The molecule has 2 N–H and O–H groups in total. The number of benzene rings is 2. The fraction of sp³-hybridized carbons (Fsp3) is 0.571. The van der Waals surface area contributed by atoms with Crippen molar-refractivity contribution >= 4 is 34.0 Å². The van der Waals surface area contributed by atoms with Crippen LogP contribution in [0.25, 0.3) is 10.8 Å². The van der Waals surface area contributed by atoms with E-state index >= 15 is 0 Å². The number of rotatable bonds is 10. The molecule has 2 aromatic carbocycles. The normalized spacial score (nSPS) is 24.1. The van der Waals surface area contributed by atoms with Crippen molar-refractivity contribution in [3.63, 3.8) is 0 Å². The fourth-order valence-electron chi connectivity index (χ4n) is 4.85. The highest BCUT2D eigenvalue weighted by molar-refractivity contribution is 6.10. The van der Waals surface area contributed by atoms with E-state index in [2.05, 4.69) is 38.3 Å². The molecule has 4 nitrogen and oxygen atoms in total. The first-order valence-corrected chi connectivity index (χ1v) is 12.5. The van der Waals surface area contributed by atoms with Gasteiger partial charge in [0.1, 0.15) is 0 Å². The molecular weight excluding hydrogens is 396 g/mol. The van der Waals surface area contributed by atoms with E-state index in [-0.39, 0.29) is 23.7 Å². The van der Waals surface area contributed by atoms with E-state index in [4.69, 9.17) is 0 Å². The first-order chi connectivity index (χ1) is 15.3. The Bertz CT molecular complexity index is 901. The predicted octanol–water partition coefficient (Wildman–Crippen LogP) is 6.86. The third-order valence-electron chi connectivity index (χ3n) is 7.19. The summed E-state index contributed by atoms with van der Waals surface area (Å²) < 4.78 is 0. The van der Waals surface area contributed by atoms with Gasteiger partial charge in [-0.05, 0) is 61.5 Å². The Labute approximate surface area is 192 Å². The molecule has 2 aromatic rings. The molecule has 2 aliphatic carbocycles. The molecule has 32 heavy (non-hydrogen) atoms. The minimum atomic E-state index is 0.131. The van der Waals surface area contributed by atoms with Gasteiger partial charge < -0.3 is 10.6 Å². The molecule has 0 aromatic heterocycles. The highest BCUT2D eigenvalue weighted by Gasteiger charge is 2.43. The Morgan fingerprint density at radius 2 is 1.16 bits per heavy atom. The van der Waals surface area contributed by atoms with Crippen molar-refractivity contribution in [2.45, 2.75) is 66.2 Å². The number of fused-ring (bicyclic) bond motifs is 1. The average molecular weight is 435 g/mol. The Kier molecular flexibility index (Phi) is 6.88. The van der Waals surface area contributed by atoms with Crippen LogP contribution < -0.4 is 10.6 Å². The van der Waals surface area contributed by atoms with Crippen LogP contribution in [0.5, 0.6) is 0 Å². The predicted molar refractivity (Wildman–Crippen MR) is 133 cm³/mol. The number of amides is 2. The summed E-state index contributed by atoms with van der Waals surface area (Å²) in [4.78, 5) is 25.6. The second-order valence-electron chi connectivity index (χ2n) is 10.8. The molecule has 2 saturated carbocycles. The van der Waals surface area contributed by atoms with Crippen LogP contribution in [0.15, 0.2) is 36.4 Å². The zero-order chi connectivity index (χ0) is 22.8. The number of anilines is 2. The molecule has 2 fully saturated rings. The number of carbonyl (C=O) groups excluding carboxylic acids is 2. The van der Waals surface area contributed by atoms with Crippen molar-refractivity contribution in [2.75, 3.05) is 10.6 Å². The lowest BCUT2D eigenvalue weighted by atomic mass is 10.0. The molecule has 0 spiro atoms. The Morgan fingerprint density at radius 3 is 1.53 bits per heavy atom. The van der Waals surface area contributed by atoms with Crippen molar-refractivity contribution in [3.05, 3.63) is 36.4 Å². The van der Waals surface area contributed by atoms with Gasteiger partial charge in [-0.15, -0.1) is 0 Å². The van der Waals surface area contributed by atoms with Gasteiger partial charge in [-0.3, -0.25) is 9.59 Å². The van der Waals surface area contributed by atoms with E-state index in [0.717, 1.165) is 47.8 Å². The largest absolute Gasteiger partial charge is 0.325 e. The van der Waals surface area contributed by atoms with E-state index in [9.17, 15) is 9.59 Å². The topological polar surface area (TPSA) is 58.2 Å². The highest BCUT2D eigenvalue weighted by atomic mass is 16.2. The number of nitrogens with one attached hydrogen (secondary N) is 2. The van der Waals surface area contributed by atoms with Crippen LogP contribution in [0.2, 0.25) is 0 Å². The molecule has 4 atom stereocenters. The van der Waals surface area contributed by atoms with E-state index in [0.29, 0.717) is 23.7 Å². The van der Waals surface area contributed by atoms with Gasteiger partial charge in [-0.1, -0.05) is 64.8 Å². The first-order valence-electron chi connectivity index (χ1n) is 12.5. The number of hydrogen-bond donors (Lipinski definition) is 2. The van der Waals surface area contributed by atoms with Gasteiger partial charge in [0.2, 0.25) is 11.8 Å². The van der Waals surface area contributed by atoms with Crippen LogP contribution in [0.1, 0.15) is 66.2 Å². The van der Waals surface area contributed by atoms with Gasteiger partial charge in [-0.2, -0.15) is 0 Å². The Hall–Kier alpha value is -2.36. The molecule has 4 heteroatoms. The van der Waals surface area contributed by atoms with Crippen LogP contribution >= 0.6 is 0 Å². The van der Waals surface area contributed by atoms with Gasteiger partial charge in [0.05, 0.1) is 0 Å². The lowest BCUT2D eigenvalue weighted by Gasteiger charge is -2.13. The molecule has 2 amide bonds. The van der Waals surface area contributed by atoms with Gasteiger partial charge in [0, 0.05) is 34.0 Å². The monoisotopic (exact) mass is 434 g/mol. The third-order valence-corrected chi connectivity index (χ3v) is 7.19. The minimum Gasteiger partial charge on any atom is -0.325 e. The summed E-state index contributed by atoms with van der Waals surface area (Å²) in [5, 5.41) is 8.28. The highest BCUT2D eigenvalue weighted by Crippen LogP contribution is 2.45. The quantitative estimate of drug-likeness (QED) is 0.429. The van der Waals surface area contributed by atoms with Crippen LogP contribution in [0.4, 0.5) is 11.4 Å². The molecule has 0 heterocycles. The third kappa shape index (κ3) is 5.51. The summed E-state index contributed by atoms with van der Waals surface area (Å²) in [5.74, 6) is 2.99. The number of hydrogen-bond acceptors (Lipinski definition) is 2. The maximum Gasteiger partial charge on any atom is 0.227 e. The maximum atomic E-state index is 12.8. The zero-order valence-corrected chi connectivity index (χ0v) is 20.0. The molecule has 0 saturated heterocycles. The second kappa shape index (κ2) is 9.64. The van der Waals surface area contributed by atoms with Crippen LogP contribution in [0, 0.1) is 35.5 Å². The lowest BCUT2D eigenvalue weighted by molar-refractivity contribution is -0.118. The van der Waals surface area contributed by atoms with E-state index in [1.807, 2.05) is 36.4 Å². The van der Waals surface area contributed by atoms with Gasteiger partial charge in [0.25, 0.3) is 0 Å². The molecule has 0 aliphatic heterocycles. The summed E-state index contributed by atoms with van der Waals surface area (Å²) in [5.41, 5.74) is 1.67. The summed E-state index contributed by atoms with van der Waals surface area (Å²) >= 11 is 0. The van der Waals surface area contributed by atoms with Crippen LogP contribution in [0.3, 0.4) is 0 Å². The molecule has 4 rings (SSSR count). The van der Waals surface area contributed by atoms with Crippen molar-refractivity contribution in [2.24, 2.45) is 35.5 Å². The van der Waals surface area contributed by atoms with Gasteiger partial charge >= 0.3 is 0 Å². The van der Waals surface area contributed by atoms with E-state index < -0.39 is 0 Å². The Balaban J connectivity index is 1.40.